The predicted molar refractivity (Wildman–Crippen MR) is 85.3 cm³/mol. The van der Waals surface area contributed by atoms with Crippen molar-refractivity contribution in [1.82, 2.24) is 5.01 Å². The number of nitrogens with one attached hydrogen (secondary N) is 1. The molecular formula is C16H15N3O4. The van der Waals surface area contributed by atoms with Crippen LogP contribution in [0.2, 0.25) is 0 Å². The minimum atomic E-state index is -0.435. The van der Waals surface area contributed by atoms with Crippen molar-refractivity contribution >= 4 is 34.2 Å². The molecule has 1 aromatic heterocycles. The second kappa shape index (κ2) is 5.68. The molecular weight excluding hydrogens is 298 g/mol. The van der Waals surface area contributed by atoms with Gasteiger partial charge in [0, 0.05) is 43.1 Å². The van der Waals surface area contributed by atoms with Crippen LogP contribution in [0, 0.1) is 6.92 Å². The lowest BCUT2D eigenvalue weighted by molar-refractivity contribution is -0.130. The Morgan fingerprint density at radius 3 is 2.78 bits per heavy atom. The number of carbonyl (C=O) groups is 2. The third kappa shape index (κ3) is 2.98. The van der Waals surface area contributed by atoms with Crippen LogP contribution in [-0.4, -0.2) is 29.6 Å². The van der Waals surface area contributed by atoms with Crippen molar-refractivity contribution in [3.8, 4) is 0 Å². The number of hydrogen-bond donors (Lipinski definition) is 1. The van der Waals surface area contributed by atoms with Gasteiger partial charge in [0.2, 0.25) is 5.91 Å². The van der Waals surface area contributed by atoms with E-state index in [0.29, 0.717) is 17.7 Å². The van der Waals surface area contributed by atoms with Crippen molar-refractivity contribution < 1.29 is 14.0 Å². The van der Waals surface area contributed by atoms with Crippen LogP contribution in [0.25, 0.3) is 11.0 Å². The van der Waals surface area contributed by atoms with E-state index in [1.54, 1.807) is 18.2 Å². The third-order valence-corrected chi connectivity index (χ3v) is 3.68. The summed E-state index contributed by atoms with van der Waals surface area (Å²) >= 11 is 0. The highest BCUT2D eigenvalue weighted by atomic mass is 16.4. The molecule has 0 bridgehead atoms. The molecule has 1 aromatic carbocycles. The highest BCUT2D eigenvalue weighted by Gasteiger charge is 2.22. The van der Waals surface area contributed by atoms with Crippen LogP contribution < -0.4 is 10.9 Å². The summed E-state index contributed by atoms with van der Waals surface area (Å²) in [6, 6.07) is 6.52. The van der Waals surface area contributed by atoms with E-state index >= 15 is 0 Å². The lowest BCUT2D eigenvalue weighted by Crippen LogP contribution is -2.34. The number of aryl methyl sites for hydroxylation is 1. The number of carbonyl (C=O) groups excluding carboxylic acids is 2. The van der Waals surface area contributed by atoms with Crippen LogP contribution in [-0.2, 0) is 9.59 Å². The average molecular weight is 313 g/mol. The molecule has 0 spiro atoms. The Morgan fingerprint density at radius 1 is 1.26 bits per heavy atom. The smallest absolute Gasteiger partial charge is 0.336 e. The molecule has 1 aliphatic heterocycles. The first-order chi connectivity index (χ1) is 10.9. The first kappa shape index (κ1) is 15.0. The van der Waals surface area contributed by atoms with Gasteiger partial charge in [-0.1, -0.05) is 0 Å². The zero-order valence-electron chi connectivity index (χ0n) is 12.8. The molecule has 2 aromatic rings. The van der Waals surface area contributed by atoms with Gasteiger partial charge in [0.15, 0.2) is 0 Å². The summed E-state index contributed by atoms with van der Waals surface area (Å²) in [7, 11) is 1.52. The van der Waals surface area contributed by atoms with Crippen molar-refractivity contribution in [3.63, 3.8) is 0 Å². The topological polar surface area (TPSA) is 92.0 Å². The molecule has 7 nitrogen and oxygen atoms in total. The van der Waals surface area contributed by atoms with Crippen LogP contribution in [0.3, 0.4) is 0 Å². The predicted octanol–water partition coefficient (Wildman–Crippen LogP) is 1.65. The zero-order chi connectivity index (χ0) is 16.6. The monoisotopic (exact) mass is 313 g/mol. The quantitative estimate of drug-likeness (QED) is 0.853. The van der Waals surface area contributed by atoms with E-state index in [2.05, 4.69) is 10.4 Å². The van der Waals surface area contributed by atoms with Gasteiger partial charge in [-0.25, -0.2) is 9.80 Å². The van der Waals surface area contributed by atoms with Gasteiger partial charge in [-0.15, -0.1) is 0 Å². The molecule has 0 saturated carbocycles. The summed E-state index contributed by atoms with van der Waals surface area (Å²) in [6.45, 7) is 1.82. The van der Waals surface area contributed by atoms with Crippen LogP contribution in [0.15, 0.2) is 38.6 Å². The summed E-state index contributed by atoms with van der Waals surface area (Å²) in [5.74, 6) is -0.497. The van der Waals surface area contributed by atoms with Crippen molar-refractivity contribution in [3.05, 3.63) is 40.2 Å². The molecule has 0 unspecified atom stereocenters. The maximum Gasteiger partial charge on any atom is 0.336 e. The molecule has 7 heteroatoms. The number of fused-ring (bicyclic) bond motifs is 1. The number of hydrazone groups is 1. The Kier molecular flexibility index (Phi) is 3.69. The van der Waals surface area contributed by atoms with Gasteiger partial charge in [0.25, 0.3) is 5.91 Å². The molecule has 0 aliphatic carbocycles. The lowest BCUT2D eigenvalue weighted by atomic mass is 10.1. The van der Waals surface area contributed by atoms with E-state index in [1.165, 1.54) is 18.1 Å². The fraction of sp³-hybridized carbons (Fsp3) is 0.250. The summed E-state index contributed by atoms with van der Waals surface area (Å²) in [4.78, 5) is 35.0. The Hall–Kier alpha value is -2.96. The van der Waals surface area contributed by atoms with Gasteiger partial charge in [-0.2, -0.15) is 5.10 Å². The second-order valence-electron chi connectivity index (χ2n) is 5.38. The number of rotatable bonds is 2. The minimum absolute atomic E-state index is 0.121. The molecule has 3 rings (SSSR count). The Labute approximate surface area is 131 Å². The summed E-state index contributed by atoms with van der Waals surface area (Å²) in [5, 5.41) is 8.65. The molecule has 23 heavy (non-hydrogen) atoms. The number of amides is 2. The minimum Gasteiger partial charge on any atom is -0.423 e. The molecule has 1 aliphatic rings. The van der Waals surface area contributed by atoms with Crippen molar-refractivity contribution in [1.29, 1.82) is 0 Å². The number of anilines is 1. The Morgan fingerprint density at radius 2 is 2.04 bits per heavy atom. The van der Waals surface area contributed by atoms with Gasteiger partial charge in [0.1, 0.15) is 11.3 Å². The van der Waals surface area contributed by atoms with Gasteiger partial charge >= 0.3 is 5.63 Å². The van der Waals surface area contributed by atoms with Crippen molar-refractivity contribution in [2.75, 3.05) is 12.4 Å². The van der Waals surface area contributed by atoms with Gasteiger partial charge < -0.3 is 9.73 Å². The Balaban J connectivity index is 1.87. The van der Waals surface area contributed by atoms with Crippen LogP contribution >= 0.6 is 0 Å². The van der Waals surface area contributed by atoms with Gasteiger partial charge in [0.05, 0.1) is 0 Å². The molecule has 0 saturated heterocycles. The zero-order valence-corrected chi connectivity index (χ0v) is 12.8. The van der Waals surface area contributed by atoms with E-state index in [0.717, 1.165) is 10.9 Å². The number of hydrogen-bond acceptors (Lipinski definition) is 5. The molecule has 118 valence electrons. The normalized spacial score (nSPS) is 14.8. The highest BCUT2D eigenvalue weighted by molar-refractivity contribution is 6.43. The van der Waals surface area contributed by atoms with E-state index in [1.807, 2.05) is 6.92 Å². The summed E-state index contributed by atoms with van der Waals surface area (Å²) in [6.07, 6.45) is 0.561. The largest absolute Gasteiger partial charge is 0.423 e. The third-order valence-electron chi connectivity index (χ3n) is 3.68. The van der Waals surface area contributed by atoms with Gasteiger partial charge in [-0.05, 0) is 24.6 Å². The fourth-order valence-electron chi connectivity index (χ4n) is 2.44. The van der Waals surface area contributed by atoms with E-state index < -0.39 is 5.63 Å². The van der Waals surface area contributed by atoms with Crippen LogP contribution in [0.5, 0.6) is 0 Å². The summed E-state index contributed by atoms with van der Waals surface area (Å²) in [5.41, 5.74) is 1.57. The number of benzene rings is 1. The molecule has 1 N–H and O–H groups in total. The average Bonchev–Trinajstić information content (AvgIpc) is 2.49. The van der Waals surface area contributed by atoms with Crippen molar-refractivity contribution in [2.24, 2.45) is 5.10 Å². The maximum atomic E-state index is 12.2. The fourth-order valence-corrected chi connectivity index (χ4v) is 2.44. The van der Waals surface area contributed by atoms with E-state index in [-0.39, 0.29) is 23.9 Å². The SMILES string of the molecule is Cc1cc(=O)oc2cc(NC(=O)C3=NN(C)C(=O)CC3)ccc12. The van der Waals surface area contributed by atoms with Gasteiger partial charge in [-0.3, -0.25) is 9.59 Å². The van der Waals surface area contributed by atoms with Crippen LogP contribution in [0.4, 0.5) is 5.69 Å². The molecule has 0 atom stereocenters. The summed E-state index contributed by atoms with van der Waals surface area (Å²) < 4.78 is 5.15. The van der Waals surface area contributed by atoms with Crippen LogP contribution in [0.1, 0.15) is 18.4 Å². The maximum absolute atomic E-state index is 12.2. The lowest BCUT2D eigenvalue weighted by Gasteiger charge is -2.18. The molecule has 2 heterocycles. The molecule has 0 fully saturated rings. The highest BCUT2D eigenvalue weighted by Crippen LogP contribution is 2.21. The van der Waals surface area contributed by atoms with E-state index in [4.69, 9.17) is 4.42 Å². The second-order valence-corrected chi connectivity index (χ2v) is 5.38. The Bertz CT molecular complexity index is 898. The first-order valence-electron chi connectivity index (χ1n) is 7.14. The molecule has 0 radical (unpaired) electrons. The standard InChI is InChI=1S/C16H15N3O4/c1-9-7-15(21)23-13-8-10(3-4-11(9)13)17-16(22)12-5-6-14(20)19(2)18-12/h3-4,7-8H,5-6H2,1-2H3,(H,17,22). The van der Waals surface area contributed by atoms with E-state index in [9.17, 15) is 14.4 Å². The number of nitrogens with zero attached hydrogens (tertiary/aromatic N) is 2. The molecule has 2 amide bonds. The first-order valence-corrected chi connectivity index (χ1v) is 7.14. The van der Waals surface area contributed by atoms with Crippen molar-refractivity contribution in [2.45, 2.75) is 19.8 Å².